The van der Waals surface area contributed by atoms with E-state index in [-0.39, 0.29) is 22.8 Å². The maximum absolute atomic E-state index is 12.6. The van der Waals surface area contributed by atoms with Gasteiger partial charge in [-0.1, -0.05) is 35.4 Å². The van der Waals surface area contributed by atoms with Crippen molar-refractivity contribution in [2.45, 2.75) is 32.6 Å². The average Bonchev–Trinajstić information content (AvgIpc) is 2.52. The summed E-state index contributed by atoms with van der Waals surface area (Å²) in [5.41, 5.74) is 0.678. The minimum absolute atomic E-state index is 0.0151. The first-order valence-corrected chi connectivity index (χ1v) is 8.99. The molecule has 0 aromatic rings. The van der Waals surface area contributed by atoms with Crippen molar-refractivity contribution in [3.05, 3.63) is 22.7 Å². The number of rotatable bonds is 7. The van der Waals surface area contributed by atoms with E-state index in [1.165, 1.54) is 4.90 Å². The van der Waals surface area contributed by atoms with Crippen LogP contribution in [-0.4, -0.2) is 40.6 Å². The summed E-state index contributed by atoms with van der Waals surface area (Å²) in [5.74, 6) is -0.451. The van der Waals surface area contributed by atoms with E-state index >= 15 is 0 Å². The number of allylic oxidation sites excluding steroid dienone is 3. The third-order valence-corrected chi connectivity index (χ3v) is 4.52. The molecule has 1 heterocycles. The van der Waals surface area contributed by atoms with Crippen molar-refractivity contribution >= 4 is 50.8 Å². The number of nitrogens with zero attached hydrogens (tertiary/aromatic N) is 2. The second-order valence-electron chi connectivity index (χ2n) is 5.48. The summed E-state index contributed by atoms with van der Waals surface area (Å²) < 4.78 is 0.859. The second kappa shape index (κ2) is 8.49. The molecule has 1 unspecified atom stereocenters. The first-order valence-electron chi connectivity index (χ1n) is 7.79. The fourth-order valence-electron chi connectivity index (χ4n) is 2.40. The van der Waals surface area contributed by atoms with E-state index in [2.05, 4.69) is 33.2 Å². The number of fused-ring (bicyclic) bond motifs is 1. The van der Waals surface area contributed by atoms with Crippen molar-refractivity contribution in [1.82, 2.24) is 10.2 Å². The monoisotopic (exact) mass is 397 g/mol. The van der Waals surface area contributed by atoms with Crippen molar-refractivity contribution in [3.63, 3.8) is 0 Å². The summed E-state index contributed by atoms with van der Waals surface area (Å²) in [6.45, 7) is 3.20. The molecule has 7 heteroatoms. The Morgan fingerprint density at radius 1 is 1.43 bits per heavy atom. The average molecular weight is 398 g/mol. The number of halogens is 1. The van der Waals surface area contributed by atoms with Gasteiger partial charge >= 0.3 is 0 Å². The Morgan fingerprint density at radius 3 is 2.96 bits per heavy atom. The fourth-order valence-corrected chi connectivity index (χ4v) is 3.09. The SMILES string of the molecule is CCCCNC(=O)CCCN1C(=O)C2C=C(Br)C=CC2=NC1=S. The molecule has 0 saturated carbocycles. The van der Waals surface area contributed by atoms with Crippen molar-refractivity contribution in [1.29, 1.82) is 0 Å². The van der Waals surface area contributed by atoms with Crippen LogP contribution in [0.15, 0.2) is 27.7 Å². The number of carbonyl (C=O) groups is 2. The molecule has 0 bridgehead atoms. The molecule has 23 heavy (non-hydrogen) atoms. The van der Waals surface area contributed by atoms with Crippen LogP contribution in [0.5, 0.6) is 0 Å². The maximum Gasteiger partial charge on any atom is 0.241 e. The lowest BCUT2D eigenvalue weighted by Crippen LogP contribution is -2.46. The molecule has 0 aromatic heterocycles. The molecule has 1 atom stereocenters. The standard InChI is InChI=1S/C16H20BrN3O2S/c1-2-3-8-18-14(21)5-4-9-20-15(22)12-10-11(17)6-7-13(12)19-16(20)23/h6-7,10,12H,2-5,8-9H2,1H3,(H,18,21). The Balaban J connectivity index is 1.87. The normalized spacial score (nSPS) is 20.1. The third kappa shape index (κ3) is 4.81. The number of nitrogens with one attached hydrogen (secondary N) is 1. The summed E-state index contributed by atoms with van der Waals surface area (Å²) in [7, 11) is 0. The van der Waals surface area contributed by atoms with Gasteiger partial charge in [0.15, 0.2) is 0 Å². The Labute approximate surface area is 150 Å². The highest BCUT2D eigenvalue weighted by Gasteiger charge is 2.34. The largest absolute Gasteiger partial charge is 0.356 e. The van der Waals surface area contributed by atoms with E-state index in [4.69, 9.17) is 12.2 Å². The van der Waals surface area contributed by atoms with Crippen molar-refractivity contribution in [3.8, 4) is 0 Å². The van der Waals surface area contributed by atoms with Gasteiger partial charge in [-0.2, -0.15) is 0 Å². The fraction of sp³-hybridized carbons (Fsp3) is 0.500. The predicted octanol–water partition coefficient (Wildman–Crippen LogP) is 2.72. The Bertz CT molecular complexity index is 598. The lowest BCUT2D eigenvalue weighted by molar-refractivity contribution is -0.129. The van der Waals surface area contributed by atoms with Crippen molar-refractivity contribution < 1.29 is 9.59 Å². The van der Waals surface area contributed by atoms with Gasteiger partial charge in [0.1, 0.15) is 5.92 Å². The number of unbranched alkanes of at least 4 members (excludes halogenated alkanes) is 1. The molecule has 2 rings (SSSR count). The summed E-state index contributed by atoms with van der Waals surface area (Å²) in [4.78, 5) is 30.1. The number of aliphatic imine (C=N–C) groups is 1. The molecular weight excluding hydrogens is 378 g/mol. The quantitative estimate of drug-likeness (QED) is 0.530. The van der Waals surface area contributed by atoms with Gasteiger partial charge < -0.3 is 5.32 Å². The predicted molar refractivity (Wildman–Crippen MR) is 98.5 cm³/mol. The van der Waals surface area contributed by atoms with Crippen LogP contribution in [0.3, 0.4) is 0 Å². The molecule has 2 aliphatic rings. The molecule has 0 fully saturated rings. The molecule has 124 valence electrons. The molecule has 2 amide bonds. The van der Waals surface area contributed by atoms with Gasteiger partial charge in [-0.05, 0) is 37.2 Å². The smallest absolute Gasteiger partial charge is 0.241 e. The van der Waals surface area contributed by atoms with Gasteiger partial charge in [0.2, 0.25) is 16.9 Å². The number of thiocarbonyl (C=S) groups is 1. The van der Waals surface area contributed by atoms with Crippen LogP contribution >= 0.6 is 28.1 Å². The molecule has 1 aliphatic heterocycles. The number of carbonyl (C=O) groups excluding carboxylic acids is 2. The van der Waals surface area contributed by atoms with Gasteiger partial charge in [-0.3, -0.25) is 14.5 Å². The molecule has 1 aliphatic carbocycles. The number of amides is 2. The Hall–Kier alpha value is -1.34. The number of hydrogen-bond donors (Lipinski definition) is 1. The first-order chi connectivity index (χ1) is 11.0. The highest BCUT2D eigenvalue weighted by Crippen LogP contribution is 2.25. The van der Waals surface area contributed by atoms with Crippen LogP contribution in [0.4, 0.5) is 0 Å². The van der Waals surface area contributed by atoms with Crippen LogP contribution in [0.2, 0.25) is 0 Å². The highest BCUT2D eigenvalue weighted by atomic mass is 79.9. The van der Waals surface area contributed by atoms with Crippen LogP contribution in [0.1, 0.15) is 32.6 Å². The van der Waals surface area contributed by atoms with E-state index in [9.17, 15) is 9.59 Å². The van der Waals surface area contributed by atoms with Crippen molar-refractivity contribution in [2.24, 2.45) is 10.9 Å². The van der Waals surface area contributed by atoms with Gasteiger partial charge in [0, 0.05) is 24.0 Å². The third-order valence-electron chi connectivity index (χ3n) is 3.68. The Kier molecular flexibility index (Phi) is 6.65. The lowest BCUT2D eigenvalue weighted by atomic mass is 9.95. The van der Waals surface area contributed by atoms with Gasteiger partial charge in [0.05, 0.1) is 5.71 Å². The molecule has 0 aromatic carbocycles. The summed E-state index contributed by atoms with van der Waals surface area (Å²) in [6.07, 6.45) is 8.47. The zero-order valence-corrected chi connectivity index (χ0v) is 15.5. The molecule has 0 saturated heterocycles. The van der Waals surface area contributed by atoms with Crippen LogP contribution in [0, 0.1) is 5.92 Å². The van der Waals surface area contributed by atoms with Crippen LogP contribution < -0.4 is 5.32 Å². The number of hydrogen-bond acceptors (Lipinski definition) is 3. The van der Waals surface area contributed by atoms with Gasteiger partial charge in [-0.25, -0.2) is 4.99 Å². The summed E-state index contributed by atoms with van der Waals surface area (Å²) in [6, 6.07) is 0. The summed E-state index contributed by atoms with van der Waals surface area (Å²) >= 11 is 8.59. The summed E-state index contributed by atoms with van der Waals surface area (Å²) in [5, 5.41) is 3.15. The zero-order valence-electron chi connectivity index (χ0n) is 13.0. The van der Waals surface area contributed by atoms with Crippen LogP contribution in [0.25, 0.3) is 0 Å². The van der Waals surface area contributed by atoms with Gasteiger partial charge in [-0.15, -0.1) is 0 Å². The van der Waals surface area contributed by atoms with Crippen LogP contribution in [-0.2, 0) is 9.59 Å². The molecule has 0 radical (unpaired) electrons. The molecule has 5 nitrogen and oxygen atoms in total. The molecule has 1 N–H and O–H groups in total. The second-order valence-corrected chi connectivity index (χ2v) is 6.76. The van der Waals surface area contributed by atoms with E-state index in [1.807, 2.05) is 12.2 Å². The molecular formula is C16H20BrN3O2S. The van der Waals surface area contributed by atoms with E-state index in [1.54, 1.807) is 6.08 Å². The first kappa shape index (κ1) is 18.0. The molecule has 0 spiro atoms. The van der Waals surface area contributed by atoms with E-state index in [0.717, 1.165) is 17.3 Å². The minimum Gasteiger partial charge on any atom is -0.356 e. The highest BCUT2D eigenvalue weighted by molar-refractivity contribution is 9.11. The topological polar surface area (TPSA) is 61.8 Å². The Morgan fingerprint density at radius 2 is 2.22 bits per heavy atom. The van der Waals surface area contributed by atoms with E-state index in [0.29, 0.717) is 31.6 Å². The van der Waals surface area contributed by atoms with Gasteiger partial charge in [0.25, 0.3) is 0 Å². The van der Waals surface area contributed by atoms with Crippen molar-refractivity contribution in [2.75, 3.05) is 13.1 Å². The zero-order chi connectivity index (χ0) is 16.8. The van der Waals surface area contributed by atoms with E-state index < -0.39 is 0 Å². The maximum atomic E-state index is 12.6. The lowest BCUT2D eigenvalue weighted by Gasteiger charge is -2.30. The minimum atomic E-state index is -0.389.